The van der Waals surface area contributed by atoms with Crippen molar-refractivity contribution >= 4 is 17.7 Å². The highest BCUT2D eigenvalue weighted by Gasteiger charge is 2.08. The highest BCUT2D eigenvalue weighted by atomic mass is 16.5. The lowest BCUT2D eigenvalue weighted by atomic mass is 10.2. The van der Waals surface area contributed by atoms with Gasteiger partial charge in [0.25, 0.3) is 0 Å². The molecule has 0 atom stereocenters. The Morgan fingerprint density at radius 2 is 1.84 bits per heavy atom. The van der Waals surface area contributed by atoms with E-state index in [0.29, 0.717) is 18.3 Å². The van der Waals surface area contributed by atoms with Crippen LogP contribution < -0.4 is 20.7 Å². The molecule has 0 amide bonds. The number of hydrogen-bond donors (Lipinski definition) is 3. The van der Waals surface area contributed by atoms with Crippen molar-refractivity contribution in [1.82, 2.24) is 10.3 Å². The SMILES string of the molecule is C=C/C(C=N)=C\C(=C)C.CC.CCCN(CCC)c1cc(N)nc(OCCNCC)c1. The number of hydrogen-bond acceptors (Lipinski definition) is 6. The minimum absolute atomic E-state index is 0.512. The maximum absolute atomic E-state index is 6.85. The molecular formula is C25H45N5O. The molecule has 0 aliphatic heterocycles. The molecule has 0 saturated heterocycles. The third-order valence-electron chi connectivity index (χ3n) is 3.75. The summed E-state index contributed by atoms with van der Waals surface area (Å²) in [6.07, 6.45) is 6.90. The van der Waals surface area contributed by atoms with E-state index in [2.05, 4.69) is 49.1 Å². The van der Waals surface area contributed by atoms with Crippen LogP contribution in [-0.2, 0) is 0 Å². The average molecular weight is 432 g/mol. The summed E-state index contributed by atoms with van der Waals surface area (Å²) in [7, 11) is 0. The first kappa shape index (κ1) is 30.6. The number of nitrogens with zero attached hydrogens (tertiary/aromatic N) is 2. The van der Waals surface area contributed by atoms with Crippen molar-refractivity contribution in [3.05, 3.63) is 48.6 Å². The van der Waals surface area contributed by atoms with Gasteiger partial charge in [-0.05, 0) is 31.9 Å². The Kier molecular flexibility index (Phi) is 20.4. The fourth-order valence-electron chi connectivity index (χ4n) is 2.53. The van der Waals surface area contributed by atoms with E-state index in [4.69, 9.17) is 15.9 Å². The highest BCUT2D eigenvalue weighted by molar-refractivity contribution is 5.80. The summed E-state index contributed by atoms with van der Waals surface area (Å²) in [5.74, 6) is 1.12. The van der Waals surface area contributed by atoms with E-state index in [1.807, 2.05) is 32.9 Å². The van der Waals surface area contributed by atoms with Crippen LogP contribution in [0.3, 0.4) is 0 Å². The molecule has 176 valence electrons. The van der Waals surface area contributed by atoms with Gasteiger partial charge in [-0.2, -0.15) is 4.98 Å². The maximum atomic E-state index is 6.85. The number of likely N-dealkylation sites (N-methyl/N-ethyl adjacent to an activating group) is 1. The summed E-state index contributed by atoms with van der Waals surface area (Å²) in [5.41, 5.74) is 8.72. The summed E-state index contributed by atoms with van der Waals surface area (Å²) < 4.78 is 5.66. The Balaban J connectivity index is 0. The molecule has 1 aromatic rings. The molecule has 31 heavy (non-hydrogen) atoms. The van der Waals surface area contributed by atoms with Gasteiger partial charge in [0, 0.05) is 43.7 Å². The molecular weight excluding hydrogens is 386 g/mol. The number of aromatic nitrogens is 1. The molecule has 0 bridgehead atoms. The fourth-order valence-corrected chi connectivity index (χ4v) is 2.53. The molecule has 0 unspecified atom stereocenters. The van der Waals surface area contributed by atoms with Gasteiger partial charge in [0.2, 0.25) is 5.88 Å². The van der Waals surface area contributed by atoms with Gasteiger partial charge in [0.1, 0.15) is 12.4 Å². The van der Waals surface area contributed by atoms with Crippen molar-refractivity contribution in [1.29, 1.82) is 5.41 Å². The molecule has 0 aliphatic rings. The van der Waals surface area contributed by atoms with E-state index in [0.717, 1.165) is 55.9 Å². The Hall–Kier alpha value is -2.60. The standard InChI is InChI=1S/C15H28N4O.C8H11N.C2H6/c1-4-8-19(9-5-2)13-11-14(16)18-15(12-13)20-10-7-17-6-3;1-4-8(6-9)5-7(2)3;1-2/h11-12,17H,4-10H2,1-3H3,(H2,16,18);4-6,9H,1-2H2,3H3;1-2H3/b;8-5+,9-6?;. The van der Waals surface area contributed by atoms with Crippen molar-refractivity contribution in [3.63, 3.8) is 0 Å². The lowest BCUT2D eigenvalue weighted by molar-refractivity contribution is 0.304. The lowest BCUT2D eigenvalue weighted by Gasteiger charge is -2.24. The minimum Gasteiger partial charge on any atom is -0.476 e. The first-order valence-electron chi connectivity index (χ1n) is 11.3. The topological polar surface area (TPSA) is 87.3 Å². The number of allylic oxidation sites excluding steroid dienone is 4. The monoisotopic (exact) mass is 431 g/mol. The number of nitrogens with two attached hydrogens (primary N) is 1. The summed E-state index contributed by atoms with van der Waals surface area (Å²) in [6.45, 7) is 23.9. The Labute approximate surface area is 190 Å². The molecule has 0 spiro atoms. The van der Waals surface area contributed by atoms with E-state index < -0.39 is 0 Å². The summed E-state index contributed by atoms with van der Waals surface area (Å²) in [5, 5.41) is 10.1. The molecule has 0 radical (unpaired) electrons. The number of nitrogen functional groups attached to an aromatic ring is 1. The quantitative estimate of drug-likeness (QED) is 0.214. The molecule has 0 saturated carbocycles. The van der Waals surface area contributed by atoms with Crippen LogP contribution in [0.4, 0.5) is 11.5 Å². The van der Waals surface area contributed by atoms with Crippen LogP contribution in [0.25, 0.3) is 0 Å². The van der Waals surface area contributed by atoms with Crippen LogP contribution in [0.1, 0.15) is 54.4 Å². The molecule has 0 fully saturated rings. The number of rotatable bonds is 13. The third-order valence-corrected chi connectivity index (χ3v) is 3.75. The summed E-state index contributed by atoms with van der Waals surface area (Å²) in [4.78, 5) is 6.56. The fraction of sp³-hybridized carbons (Fsp3) is 0.520. The zero-order chi connectivity index (χ0) is 24.1. The van der Waals surface area contributed by atoms with Gasteiger partial charge in [0.15, 0.2) is 0 Å². The lowest BCUT2D eigenvalue weighted by Crippen LogP contribution is -2.25. The van der Waals surface area contributed by atoms with Gasteiger partial charge in [-0.15, -0.1) is 0 Å². The van der Waals surface area contributed by atoms with Crippen molar-refractivity contribution in [2.45, 2.75) is 54.4 Å². The van der Waals surface area contributed by atoms with Crippen LogP contribution in [0.2, 0.25) is 0 Å². The van der Waals surface area contributed by atoms with Gasteiger partial charge in [-0.1, -0.05) is 65.5 Å². The van der Waals surface area contributed by atoms with E-state index in [-0.39, 0.29) is 0 Å². The van der Waals surface area contributed by atoms with Crippen LogP contribution in [0.5, 0.6) is 5.88 Å². The van der Waals surface area contributed by atoms with E-state index in [1.165, 1.54) is 6.21 Å². The largest absolute Gasteiger partial charge is 0.476 e. The van der Waals surface area contributed by atoms with Gasteiger partial charge >= 0.3 is 0 Å². The molecule has 1 aromatic heterocycles. The predicted octanol–water partition coefficient (Wildman–Crippen LogP) is 5.63. The Morgan fingerprint density at radius 1 is 1.23 bits per heavy atom. The van der Waals surface area contributed by atoms with Gasteiger partial charge < -0.3 is 26.1 Å². The van der Waals surface area contributed by atoms with Crippen LogP contribution in [0.15, 0.2) is 48.6 Å². The summed E-state index contributed by atoms with van der Waals surface area (Å²) >= 11 is 0. The summed E-state index contributed by atoms with van der Waals surface area (Å²) in [6, 6.07) is 3.90. The zero-order valence-electron chi connectivity index (χ0n) is 20.6. The molecule has 6 nitrogen and oxygen atoms in total. The van der Waals surface area contributed by atoms with Crippen molar-refractivity contribution in [2.24, 2.45) is 0 Å². The van der Waals surface area contributed by atoms with Crippen molar-refractivity contribution in [2.75, 3.05) is 43.4 Å². The van der Waals surface area contributed by atoms with E-state index >= 15 is 0 Å². The average Bonchev–Trinajstić information content (AvgIpc) is 2.76. The van der Waals surface area contributed by atoms with Crippen molar-refractivity contribution in [3.8, 4) is 5.88 Å². The molecule has 1 heterocycles. The van der Waals surface area contributed by atoms with E-state index in [9.17, 15) is 0 Å². The smallest absolute Gasteiger partial charge is 0.217 e. The number of anilines is 2. The normalized spacial score (nSPS) is 10.1. The highest BCUT2D eigenvalue weighted by Crippen LogP contribution is 2.23. The predicted molar refractivity (Wildman–Crippen MR) is 139 cm³/mol. The van der Waals surface area contributed by atoms with Crippen LogP contribution in [-0.4, -0.2) is 44.0 Å². The third kappa shape index (κ3) is 15.8. The number of ether oxygens (including phenoxy) is 1. The molecule has 4 N–H and O–H groups in total. The molecule has 6 heteroatoms. The zero-order valence-corrected chi connectivity index (χ0v) is 20.6. The van der Waals surface area contributed by atoms with Crippen LogP contribution >= 0.6 is 0 Å². The second kappa shape index (κ2) is 20.7. The molecule has 0 aliphatic carbocycles. The molecule has 0 aromatic carbocycles. The van der Waals surface area contributed by atoms with Gasteiger partial charge in [0.05, 0.1) is 0 Å². The van der Waals surface area contributed by atoms with Crippen LogP contribution in [0, 0.1) is 5.41 Å². The number of pyridine rings is 1. The minimum atomic E-state index is 0.512. The second-order valence-corrected chi connectivity index (χ2v) is 6.62. The Bertz CT molecular complexity index is 639. The van der Waals surface area contributed by atoms with E-state index in [1.54, 1.807) is 12.2 Å². The van der Waals surface area contributed by atoms with Crippen molar-refractivity contribution < 1.29 is 4.74 Å². The van der Waals surface area contributed by atoms with Gasteiger partial charge in [-0.25, -0.2) is 0 Å². The molecule has 1 rings (SSSR count). The second-order valence-electron chi connectivity index (χ2n) is 6.62. The first-order chi connectivity index (χ1) is 14.9. The maximum Gasteiger partial charge on any atom is 0.217 e. The number of nitrogens with one attached hydrogen (secondary N) is 2. The Morgan fingerprint density at radius 3 is 2.26 bits per heavy atom. The van der Waals surface area contributed by atoms with Gasteiger partial charge in [-0.3, -0.25) is 0 Å². The first-order valence-corrected chi connectivity index (χ1v) is 11.3.